The van der Waals surface area contributed by atoms with E-state index in [1.165, 1.54) is 19.4 Å². The van der Waals surface area contributed by atoms with Gasteiger partial charge in [0.25, 0.3) is 0 Å². The maximum absolute atomic E-state index is 12.9. The Morgan fingerprint density at radius 1 is 1.23 bits per heavy atom. The van der Waals surface area contributed by atoms with Crippen molar-refractivity contribution in [1.82, 2.24) is 4.57 Å². The minimum atomic E-state index is -3.07. The molecule has 3 heterocycles. The van der Waals surface area contributed by atoms with Gasteiger partial charge in [0, 0.05) is 29.0 Å². The average molecular weight is 518 g/mol. The highest BCUT2D eigenvalue weighted by Gasteiger charge is 2.29. The van der Waals surface area contributed by atoms with Crippen molar-refractivity contribution in [3.8, 4) is 22.8 Å². The van der Waals surface area contributed by atoms with Gasteiger partial charge in [0.2, 0.25) is 0 Å². The standard InChI is InChI=1S/C25H27NO7S2/c1-4-32-25(28)18-15-26-19(14-21(18)27)17-13-22(31-2)23(33-8-6-10-35(3,29)30)12-16(17)11-20(26)24-7-5-9-34-24/h5,7,9,12-15,20H,4,6,8,10-11H2,1-3H3. The topological polar surface area (TPSA) is 101 Å². The minimum Gasteiger partial charge on any atom is -0.493 e. The predicted molar refractivity (Wildman–Crippen MR) is 135 cm³/mol. The molecule has 186 valence electrons. The number of nitrogens with zero attached hydrogens (tertiary/aromatic N) is 1. The number of benzene rings is 1. The Bertz CT molecular complexity index is 1390. The van der Waals surface area contributed by atoms with Gasteiger partial charge in [0.05, 0.1) is 37.8 Å². The number of fused-ring (bicyclic) bond motifs is 3. The van der Waals surface area contributed by atoms with Gasteiger partial charge in [-0.05, 0) is 48.9 Å². The molecule has 0 spiro atoms. The predicted octanol–water partition coefficient (Wildman–Crippen LogP) is 3.72. The third kappa shape index (κ3) is 5.43. The molecule has 0 amide bonds. The molecule has 10 heteroatoms. The first-order valence-corrected chi connectivity index (χ1v) is 14.1. The highest BCUT2D eigenvalue weighted by Crippen LogP contribution is 2.43. The number of aromatic nitrogens is 1. The molecule has 2 aromatic heterocycles. The van der Waals surface area contributed by atoms with Gasteiger partial charge in [-0.25, -0.2) is 13.2 Å². The summed E-state index contributed by atoms with van der Waals surface area (Å²) in [4.78, 5) is 26.4. The molecule has 0 fully saturated rings. The molecule has 1 aliphatic heterocycles. The molecule has 0 aliphatic carbocycles. The number of thiophene rings is 1. The Balaban J connectivity index is 1.78. The van der Waals surface area contributed by atoms with E-state index in [-0.39, 0.29) is 30.6 Å². The summed E-state index contributed by atoms with van der Waals surface area (Å²) in [6, 6.07) is 9.05. The van der Waals surface area contributed by atoms with Crippen LogP contribution < -0.4 is 14.9 Å². The number of esters is 1. The highest BCUT2D eigenvalue weighted by molar-refractivity contribution is 7.90. The van der Waals surface area contributed by atoms with Crippen LogP contribution in [-0.2, 0) is 21.0 Å². The number of sulfone groups is 1. The van der Waals surface area contributed by atoms with Crippen molar-refractivity contribution in [2.45, 2.75) is 25.8 Å². The zero-order valence-electron chi connectivity index (χ0n) is 19.8. The second-order valence-corrected chi connectivity index (χ2v) is 11.5. The first-order chi connectivity index (χ1) is 16.7. The molecule has 0 saturated carbocycles. The van der Waals surface area contributed by atoms with Crippen molar-refractivity contribution in [2.24, 2.45) is 0 Å². The number of rotatable bonds is 9. The zero-order chi connectivity index (χ0) is 25.2. The van der Waals surface area contributed by atoms with Gasteiger partial charge in [-0.2, -0.15) is 0 Å². The molecule has 1 unspecified atom stereocenters. The van der Waals surface area contributed by atoms with Gasteiger partial charge < -0.3 is 18.8 Å². The Morgan fingerprint density at radius 2 is 2.03 bits per heavy atom. The molecule has 1 aliphatic rings. The molecule has 0 saturated heterocycles. The van der Waals surface area contributed by atoms with Crippen LogP contribution in [0.15, 0.2) is 46.7 Å². The van der Waals surface area contributed by atoms with Crippen molar-refractivity contribution >= 4 is 27.1 Å². The minimum absolute atomic E-state index is 0.00148. The van der Waals surface area contributed by atoms with E-state index in [1.54, 1.807) is 24.5 Å². The van der Waals surface area contributed by atoms with Crippen LogP contribution in [0.4, 0.5) is 0 Å². The Hall–Kier alpha value is -3.11. The Morgan fingerprint density at radius 3 is 2.69 bits per heavy atom. The third-order valence-electron chi connectivity index (χ3n) is 5.78. The number of ether oxygens (including phenoxy) is 3. The van der Waals surface area contributed by atoms with Crippen LogP contribution in [0.3, 0.4) is 0 Å². The van der Waals surface area contributed by atoms with Crippen LogP contribution in [0, 0.1) is 0 Å². The Kier molecular flexibility index (Phi) is 7.32. The maximum Gasteiger partial charge on any atom is 0.343 e. The molecule has 35 heavy (non-hydrogen) atoms. The Labute approximate surface area is 208 Å². The van der Waals surface area contributed by atoms with Gasteiger partial charge >= 0.3 is 5.97 Å². The summed E-state index contributed by atoms with van der Waals surface area (Å²) in [7, 11) is -1.54. The fourth-order valence-electron chi connectivity index (χ4n) is 4.20. The number of carbonyl (C=O) groups excluding carboxylic acids is 1. The molecule has 1 aromatic carbocycles. The third-order valence-corrected chi connectivity index (χ3v) is 7.78. The lowest BCUT2D eigenvalue weighted by Gasteiger charge is -2.31. The molecule has 3 aromatic rings. The highest BCUT2D eigenvalue weighted by atomic mass is 32.2. The molecule has 0 radical (unpaired) electrons. The number of methoxy groups -OCH3 is 1. The van der Waals surface area contributed by atoms with E-state index in [9.17, 15) is 18.0 Å². The van der Waals surface area contributed by atoms with E-state index in [2.05, 4.69) is 0 Å². The average Bonchev–Trinajstić information content (AvgIpc) is 3.34. The van der Waals surface area contributed by atoms with Crippen molar-refractivity contribution in [3.63, 3.8) is 0 Å². The number of hydrogen-bond acceptors (Lipinski definition) is 8. The van der Waals surface area contributed by atoms with Crippen LogP contribution in [0.5, 0.6) is 11.5 Å². The SMILES string of the molecule is CCOC(=O)c1cn2c(cc1=O)-c1cc(OC)c(OCCCS(C)(=O)=O)cc1CC2c1cccs1. The molecule has 4 rings (SSSR count). The normalized spacial score (nSPS) is 14.7. The lowest BCUT2D eigenvalue weighted by Crippen LogP contribution is -2.26. The van der Waals surface area contributed by atoms with Gasteiger partial charge in [-0.15, -0.1) is 11.3 Å². The second-order valence-electron chi connectivity index (χ2n) is 8.29. The molecule has 1 atom stereocenters. The van der Waals surface area contributed by atoms with Gasteiger partial charge in [-0.3, -0.25) is 4.79 Å². The number of pyridine rings is 1. The number of carbonyl (C=O) groups is 1. The van der Waals surface area contributed by atoms with Crippen LogP contribution in [0.25, 0.3) is 11.3 Å². The summed E-state index contributed by atoms with van der Waals surface area (Å²) in [5.41, 5.74) is 2.03. The zero-order valence-corrected chi connectivity index (χ0v) is 21.4. The fraction of sp³-hybridized carbons (Fsp3) is 0.360. The summed E-state index contributed by atoms with van der Waals surface area (Å²) in [6.45, 7) is 2.11. The van der Waals surface area contributed by atoms with E-state index in [4.69, 9.17) is 14.2 Å². The van der Waals surface area contributed by atoms with E-state index >= 15 is 0 Å². The van der Waals surface area contributed by atoms with Gasteiger partial charge in [0.1, 0.15) is 15.4 Å². The maximum atomic E-state index is 12.9. The monoisotopic (exact) mass is 517 g/mol. The largest absolute Gasteiger partial charge is 0.493 e. The van der Waals surface area contributed by atoms with E-state index in [1.807, 2.05) is 34.2 Å². The summed E-state index contributed by atoms with van der Waals surface area (Å²) in [6.07, 6.45) is 3.76. The lowest BCUT2D eigenvalue weighted by atomic mass is 9.91. The fourth-order valence-corrected chi connectivity index (χ4v) is 5.66. The van der Waals surface area contributed by atoms with Gasteiger partial charge in [0.15, 0.2) is 16.9 Å². The van der Waals surface area contributed by atoms with Crippen molar-refractivity contribution < 1.29 is 27.4 Å². The van der Waals surface area contributed by atoms with Crippen molar-refractivity contribution in [2.75, 3.05) is 32.3 Å². The van der Waals surface area contributed by atoms with Crippen LogP contribution in [-0.4, -0.2) is 51.3 Å². The molecular weight excluding hydrogens is 490 g/mol. The molecular formula is C25H27NO7S2. The van der Waals surface area contributed by atoms with Crippen molar-refractivity contribution in [1.29, 1.82) is 0 Å². The smallest absolute Gasteiger partial charge is 0.343 e. The summed E-state index contributed by atoms with van der Waals surface area (Å²) >= 11 is 1.60. The summed E-state index contributed by atoms with van der Waals surface area (Å²) in [5.74, 6) is 0.397. The summed E-state index contributed by atoms with van der Waals surface area (Å²) < 4.78 is 41.3. The van der Waals surface area contributed by atoms with Gasteiger partial charge in [-0.1, -0.05) is 6.07 Å². The number of hydrogen-bond donors (Lipinski definition) is 0. The molecule has 8 nitrogen and oxygen atoms in total. The molecule has 0 N–H and O–H groups in total. The first kappa shape index (κ1) is 25.0. The quantitative estimate of drug-likeness (QED) is 0.315. The second kappa shape index (κ2) is 10.2. The van der Waals surface area contributed by atoms with E-state index in [0.717, 1.165) is 16.0 Å². The van der Waals surface area contributed by atoms with Crippen LogP contribution in [0.2, 0.25) is 0 Å². The van der Waals surface area contributed by atoms with Crippen LogP contribution >= 0.6 is 11.3 Å². The summed E-state index contributed by atoms with van der Waals surface area (Å²) in [5, 5.41) is 1.99. The van der Waals surface area contributed by atoms with Crippen molar-refractivity contribution in [3.05, 3.63) is 68.1 Å². The van der Waals surface area contributed by atoms with E-state index < -0.39 is 21.2 Å². The molecule has 0 bridgehead atoms. The first-order valence-electron chi connectivity index (χ1n) is 11.2. The van der Waals surface area contributed by atoms with Crippen LogP contribution in [0.1, 0.15) is 40.2 Å². The lowest BCUT2D eigenvalue weighted by molar-refractivity contribution is 0.0523. The van der Waals surface area contributed by atoms with E-state index in [0.29, 0.717) is 30.0 Å².